The van der Waals surface area contributed by atoms with Crippen LogP contribution in [0.5, 0.6) is 17.2 Å². The SMILES string of the molecule is CCc1cc2c(c(OCC(F)(F)F)c(C(=O)NC3CCN(C(=O)CO)CC3)n2C)c(=O)n1Cc1cc(OC)ccc1OC. The summed E-state index contributed by atoms with van der Waals surface area (Å²) in [6.07, 6.45) is -3.54. The summed E-state index contributed by atoms with van der Waals surface area (Å²) >= 11 is 0. The molecule has 1 aliphatic rings. The van der Waals surface area contributed by atoms with Gasteiger partial charge in [0.1, 0.15) is 23.5 Å². The number of carbonyl (C=O) groups excluding carboxylic acids is 2. The van der Waals surface area contributed by atoms with Crippen LogP contribution in [-0.4, -0.2) is 83.7 Å². The number of pyridine rings is 1. The molecule has 1 fully saturated rings. The molecule has 1 saturated heterocycles. The van der Waals surface area contributed by atoms with E-state index in [1.807, 2.05) is 6.92 Å². The Kier molecular flexibility index (Phi) is 9.58. The lowest BCUT2D eigenvalue weighted by Gasteiger charge is -2.32. The first-order valence-corrected chi connectivity index (χ1v) is 13.8. The number of methoxy groups -OCH3 is 2. The number of ether oxygens (including phenoxy) is 3. The van der Waals surface area contributed by atoms with Gasteiger partial charge >= 0.3 is 6.18 Å². The second-order valence-electron chi connectivity index (χ2n) is 10.2. The molecule has 2 N–H and O–H groups in total. The van der Waals surface area contributed by atoms with Crippen molar-refractivity contribution >= 4 is 22.7 Å². The van der Waals surface area contributed by atoms with Gasteiger partial charge in [-0.15, -0.1) is 0 Å². The fraction of sp³-hybridized carbons (Fsp3) is 0.483. The number of aryl methyl sites for hydroxylation is 2. The molecule has 3 heterocycles. The summed E-state index contributed by atoms with van der Waals surface area (Å²) in [6, 6.07) is 6.39. The summed E-state index contributed by atoms with van der Waals surface area (Å²) in [7, 11) is 4.48. The number of aliphatic hydroxyl groups excluding tert-OH is 1. The number of aromatic nitrogens is 2. The minimum Gasteiger partial charge on any atom is -0.497 e. The summed E-state index contributed by atoms with van der Waals surface area (Å²) in [5, 5.41) is 11.8. The number of carbonyl (C=O) groups is 2. The fourth-order valence-corrected chi connectivity index (χ4v) is 5.37. The Morgan fingerprint density at radius 1 is 1.12 bits per heavy atom. The van der Waals surface area contributed by atoms with Crippen LogP contribution in [-0.2, 0) is 24.8 Å². The van der Waals surface area contributed by atoms with Gasteiger partial charge in [0.2, 0.25) is 5.91 Å². The zero-order valence-corrected chi connectivity index (χ0v) is 24.4. The number of nitrogens with one attached hydrogen (secondary N) is 1. The number of aliphatic hydroxyl groups is 1. The maximum Gasteiger partial charge on any atom is 0.422 e. The van der Waals surface area contributed by atoms with Crippen LogP contribution in [0.2, 0.25) is 0 Å². The van der Waals surface area contributed by atoms with Crippen molar-refractivity contribution in [2.24, 2.45) is 7.05 Å². The summed E-state index contributed by atoms with van der Waals surface area (Å²) in [4.78, 5) is 40.9. The Labute approximate surface area is 245 Å². The highest BCUT2D eigenvalue weighted by Crippen LogP contribution is 2.34. The molecule has 0 spiro atoms. The van der Waals surface area contributed by atoms with Crippen LogP contribution < -0.4 is 25.1 Å². The third-order valence-corrected chi connectivity index (χ3v) is 7.60. The zero-order chi connectivity index (χ0) is 31.5. The van der Waals surface area contributed by atoms with Gasteiger partial charge in [-0.25, -0.2) is 0 Å². The predicted octanol–water partition coefficient (Wildman–Crippen LogP) is 2.62. The van der Waals surface area contributed by atoms with Gasteiger partial charge in [0, 0.05) is 37.4 Å². The number of amides is 2. The molecule has 11 nitrogen and oxygen atoms in total. The fourth-order valence-electron chi connectivity index (χ4n) is 5.37. The van der Waals surface area contributed by atoms with Gasteiger partial charge in [0.05, 0.1) is 26.3 Å². The van der Waals surface area contributed by atoms with Crippen molar-refractivity contribution in [2.45, 2.75) is 44.9 Å². The molecule has 43 heavy (non-hydrogen) atoms. The van der Waals surface area contributed by atoms with Crippen molar-refractivity contribution in [3.8, 4) is 17.2 Å². The van der Waals surface area contributed by atoms with Gasteiger partial charge in [0.25, 0.3) is 11.5 Å². The summed E-state index contributed by atoms with van der Waals surface area (Å²) in [5.41, 5.74) is 0.598. The predicted molar refractivity (Wildman–Crippen MR) is 151 cm³/mol. The molecule has 0 saturated carbocycles. The first-order valence-electron chi connectivity index (χ1n) is 13.8. The minimum absolute atomic E-state index is 0.0264. The number of benzene rings is 1. The molecule has 234 valence electrons. The van der Waals surface area contributed by atoms with Crippen LogP contribution in [0, 0.1) is 0 Å². The lowest BCUT2D eigenvalue weighted by molar-refractivity contribution is -0.153. The van der Waals surface area contributed by atoms with E-state index in [4.69, 9.17) is 19.3 Å². The van der Waals surface area contributed by atoms with Crippen LogP contribution >= 0.6 is 0 Å². The number of piperidine rings is 1. The van der Waals surface area contributed by atoms with Gasteiger partial charge in [-0.3, -0.25) is 14.4 Å². The third-order valence-electron chi connectivity index (χ3n) is 7.60. The van der Waals surface area contributed by atoms with Crippen molar-refractivity contribution in [2.75, 3.05) is 40.5 Å². The first-order chi connectivity index (χ1) is 20.4. The molecule has 0 aliphatic carbocycles. The number of likely N-dealkylation sites (tertiary alicyclic amines) is 1. The number of alkyl halides is 3. The van der Waals surface area contributed by atoms with Gasteiger partial charge in [-0.2, -0.15) is 13.2 Å². The maximum atomic E-state index is 14.0. The first kappa shape index (κ1) is 31.7. The van der Waals surface area contributed by atoms with E-state index in [0.29, 0.717) is 55.1 Å². The maximum absolute atomic E-state index is 14.0. The van der Waals surface area contributed by atoms with Crippen LogP contribution in [0.4, 0.5) is 13.2 Å². The molecule has 2 aromatic heterocycles. The van der Waals surface area contributed by atoms with Crippen molar-refractivity contribution in [1.29, 1.82) is 0 Å². The van der Waals surface area contributed by atoms with E-state index in [9.17, 15) is 27.6 Å². The number of rotatable bonds is 10. The highest BCUT2D eigenvalue weighted by molar-refractivity contribution is 6.04. The normalized spacial score (nSPS) is 14.2. The van der Waals surface area contributed by atoms with Gasteiger partial charge in [0.15, 0.2) is 18.1 Å². The Hall–Kier alpha value is -4.20. The number of hydrogen-bond donors (Lipinski definition) is 2. The standard InChI is InChI=1S/C29H35F3N4O7/c1-5-19-13-21-24(28(40)36(19)14-17-12-20(41-3)6-7-22(17)42-4)26(43-16-29(30,31)32)25(34(21)2)27(39)33-18-8-10-35(11-9-18)23(38)15-37/h6-7,12-13,18,37H,5,8-11,14-16H2,1-4H3,(H,33,39). The molecular formula is C29H35F3N4O7. The van der Waals surface area contributed by atoms with Crippen LogP contribution in [0.3, 0.4) is 0 Å². The van der Waals surface area contributed by atoms with E-state index in [1.54, 1.807) is 24.3 Å². The monoisotopic (exact) mass is 608 g/mol. The zero-order valence-electron chi connectivity index (χ0n) is 24.4. The molecule has 2 amide bonds. The van der Waals surface area contributed by atoms with E-state index in [1.165, 1.54) is 35.3 Å². The second kappa shape index (κ2) is 13.0. The molecule has 0 unspecified atom stereocenters. The van der Waals surface area contributed by atoms with E-state index in [0.717, 1.165) is 0 Å². The van der Waals surface area contributed by atoms with Gasteiger partial charge < -0.3 is 38.7 Å². The van der Waals surface area contributed by atoms with Crippen molar-refractivity contribution in [3.05, 3.63) is 51.6 Å². The van der Waals surface area contributed by atoms with Crippen molar-refractivity contribution in [3.63, 3.8) is 0 Å². The second-order valence-corrected chi connectivity index (χ2v) is 10.2. The highest BCUT2D eigenvalue weighted by atomic mass is 19.4. The van der Waals surface area contributed by atoms with Gasteiger partial charge in [-0.05, 0) is 43.5 Å². The summed E-state index contributed by atoms with van der Waals surface area (Å²) < 4.78 is 58.8. The lowest BCUT2D eigenvalue weighted by Crippen LogP contribution is -2.47. The van der Waals surface area contributed by atoms with Crippen molar-refractivity contribution < 1.29 is 42.1 Å². The number of hydrogen-bond acceptors (Lipinski definition) is 7. The molecule has 0 bridgehead atoms. The topological polar surface area (TPSA) is 124 Å². The molecule has 1 aromatic carbocycles. The molecule has 0 radical (unpaired) electrons. The minimum atomic E-state index is -4.72. The lowest BCUT2D eigenvalue weighted by atomic mass is 10.0. The molecule has 14 heteroatoms. The average Bonchev–Trinajstić information content (AvgIpc) is 3.27. The van der Waals surface area contributed by atoms with E-state index >= 15 is 0 Å². The highest BCUT2D eigenvalue weighted by Gasteiger charge is 2.34. The Morgan fingerprint density at radius 2 is 1.81 bits per heavy atom. The molecule has 4 rings (SSSR count). The van der Waals surface area contributed by atoms with E-state index < -0.39 is 42.5 Å². The van der Waals surface area contributed by atoms with E-state index in [-0.39, 0.29) is 29.2 Å². The summed E-state index contributed by atoms with van der Waals surface area (Å²) in [5.74, 6) is -0.568. The van der Waals surface area contributed by atoms with Gasteiger partial charge in [-0.1, -0.05) is 6.92 Å². The molecular weight excluding hydrogens is 573 g/mol. The average molecular weight is 609 g/mol. The van der Waals surface area contributed by atoms with Crippen molar-refractivity contribution in [1.82, 2.24) is 19.4 Å². The third kappa shape index (κ3) is 6.74. The Bertz CT molecular complexity index is 1560. The number of fused-ring (bicyclic) bond motifs is 1. The van der Waals surface area contributed by atoms with Crippen LogP contribution in [0.15, 0.2) is 29.1 Å². The molecule has 3 aromatic rings. The van der Waals surface area contributed by atoms with Crippen LogP contribution in [0.25, 0.3) is 10.9 Å². The number of halogens is 3. The molecule has 0 atom stereocenters. The number of nitrogens with zero attached hydrogens (tertiary/aromatic N) is 3. The Morgan fingerprint density at radius 3 is 2.40 bits per heavy atom. The quantitative estimate of drug-likeness (QED) is 0.363. The smallest absolute Gasteiger partial charge is 0.422 e. The molecule has 1 aliphatic heterocycles. The van der Waals surface area contributed by atoms with Crippen LogP contribution in [0.1, 0.15) is 41.5 Å². The largest absolute Gasteiger partial charge is 0.497 e. The van der Waals surface area contributed by atoms with E-state index in [2.05, 4.69) is 5.32 Å². The Balaban J connectivity index is 1.79. The summed E-state index contributed by atoms with van der Waals surface area (Å²) in [6.45, 7) is 0.149.